The smallest absolute Gasteiger partial charge is 0.271 e. The van der Waals surface area contributed by atoms with E-state index in [1.165, 1.54) is 18.2 Å². The predicted molar refractivity (Wildman–Crippen MR) is 113 cm³/mol. The summed E-state index contributed by atoms with van der Waals surface area (Å²) in [5.74, 6) is -0.439. The summed E-state index contributed by atoms with van der Waals surface area (Å²) in [6.07, 6.45) is 2.83. The number of benzene rings is 1. The first kappa shape index (κ1) is 21.2. The number of hydrogen-bond donors (Lipinski definition) is 0. The van der Waals surface area contributed by atoms with E-state index in [2.05, 4.69) is 0 Å². The second-order valence-electron chi connectivity index (χ2n) is 7.54. The topological polar surface area (TPSA) is 127 Å². The predicted octanol–water partition coefficient (Wildman–Crippen LogP) is 3.63. The Labute approximate surface area is 183 Å². The van der Waals surface area contributed by atoms with Crippen LogP contribution in [0.15, 0.2) is 57.5 Å². The van der Waals surface area contributed by atoms with Crippen LogP contribution in [0.2, 0.25) is 0 Å². The molecular formula is C23H19N3O6. The van der Waals surface area contributed by atoms with Crippen LogP contribution in [-0.2, 0) is 14.3 Å². The van der Waals surface area contributed by atoms with Gasteiger partial charge >= 0.3 is 0 Å². The van der Waals surface area contributed by atoms with Gasteiger partial charge in [-0.3, -0.25) is 24.6 Å². The maximum Gasteiger partial charge on any atom is 0.271 e. The van der Waals surface area contributed by atoms with Crippen LogP contribution in [0.4, 0.5) is 5.69 Å². The molecule has 1 saturated heterocycles. The molecule has 1 aromatic heterocycles. The summed E-state index contributed by atoms with van der Waals surface area (Å²) in [7, 11) is 0. The fourth-order valence-corrected chi connectivity index (χ4v) is 3.79. The average molecular weight is 433 g/mol. The molecule has 1 unspecified atom stereocenters. The molecular weight excluding hydrogens is 414 g/mol. The molecule has 0 aliphatic carbocycles. The van der Waals surface area contributed by atoms with Gasteiger partial charge in [0.15, 0.2) is 0 Å². The molecule has 9 nitrogen and oxygen atoms in total. The van der Waals surface area contributed by atoms with E-state index in [0.29, 0.717) is 23.7 Å². The van der Waals surface area contributed by atoms with Crippen LogP contribution >= 0.6 is 0 Å². The summed E-state index contributed by atoms with van der Waals surface area (Å²) in [5, 5.41) is 20.5. The minimum atomic E-state index is -0.626. The molecule has 1 fully saturated rings. The SMILES string of the molecule is CC1=C(C#N)C(=O)N(CC2CCCO2)C(=O)/C1=C\c1ccc(-c2cccc([N+](=O)[O-])c2)o1. The maximum atomic E-state index is 13.1. The van der Waals surface area contributed by atoms with Gasteiger partial charge < -0.3 is 9.15 Å². The number of nitriles is 1. The first-order valence-electron chi connectivity index (χ1n) is 10.0. The molecule has 2 aliphatic heterocycles. The molecule has 1 atom stereocenters. The summed E-state index contributed by atoms with van der Waals surface area (Å²) < 4.78 is 11.3. The molecule has 1 aromatic carbocycles. The number of nitro benzene ring substituents is 1. The molecule has 9 heteroatoms. The highest BCUT2D eigenvalue weighted by molar-refractivity contribution is 6.19. The van der Waals surface area contributed by atoms with Crippen molar-refractivity contribution in [1.29, 1.82) is 5.26 Å². The van der Waals surface area contributed by atoms with Crippen LogP contribution in [0.3, 0.4) is 0 Å². The van der Waals surface area contributed by atoms with Gasteiger partial charge in [0.2, 0.25) is 0 Å². The molecule has 4 rings (SSSR count). The lowest BCUT2D eigenvalue weighted by molar-refractivity contribution is -0.384. The number of carbonyl (C=O) groups excluding carboxylic acids is 2. The zero-order valence-corrected chi connectivity index (χ0v) is 17.2. The van der Waals surface area contributed by atoms with Crippen molar-refractivity contribution < 1.29 is 23.7 Å². The van der Waals surface area contributed by atoms with Crippen molar-refractivity contribution in [2.75, 3.05) is 13.2 Å². The summed E-state index contributed by atoms with van der Waals surface area (Å²) in [6, 6.07) is 11.2. The van der Waals surface area contributed by atoms with Crippen LogP contribution in [-0.4, -0.2) is 40.9 Å². The summed E-state index contributed by atoms with van der Waals surface area (Å²) in [4.78, 5) is 37.4. The monoisotopic (exact) mass is 433 g/mol. The maximum absolute atomic E-state index is 13.1. The van der Waals surface area contributed by atoms with Crippen molar-refractivity contribution in [2.24, 2.45) is 0 Å². The van der Waals surface area contributed by atoms with Crippen molar-refractivity contribution in [3.8, 4) is 17.4 Å². The fraction of sp³-hybridized carbons (Fsp3) is 0.261. The number of imide groups is 1. The van der Waals surface area contributed by atoms with Crippen molar-refractivity contribution in [3.63, 3.8) is 0 Å². The Morgan fingerprint density at radius 1 is 1.28 bits per heavy atom. The number of nitrogens with zero attached hydrogens (tertiary/aromatic N) is 3. The number of amides is 2. The van der Waals surface area contributed by atoms with Crippen LogP contribution in [0.1, 0.15) is 25.5 Å². The van der Waals surface area contributed by atoms with E-state index >= 15 is 0 Å². The first-order chi connectivity index (χ1) is 15.4. The number of carbonyl (C=O) groups is 2. The van der Waals surface area contributed by atoms with Crippen LogP contribution in [0.25, 0.3) is 17.4 Å². The van der Waals surface area contributed by atoms with Gasteiger partial charge in [0.05, 0.1) is 17.6 Å². The van der Waals surface area contributed by atoms with E-state index in [-0.39, 0.29) is 35.1 Å². The number of non-ortho nitro benzene ring substituents is 1. The highest BCUT2D eigenvalue weighted by atomic mass is 16.6. The van der Waals surface area contributed by atoms with Gasteiger partial charge in [-0.15, -0.1) is 0 Å². The quantitative estimate of drug-likeness (QED) is 0.305. The number of nitro groups is 1. The number of ether oxygens (including phenoxy) is 1. The van der Waals surface area contributed by atoms with Gasteiger partial charge in [0, 0.05) is 29.9 Å². The van der Waals surface area contributed by atoms with E-state index in [4.69, 9.17) is 9.15 Å². The zero-order valence-electron chi connectivity index (χ0n) is 17.2. The van der Waals surface area contributed by atoms with Crippen LogP contribution in [0, 0.1) is 21.4 Å². The minimum Gasteiger partial charge on any atom is -0.457 e. The summed E-state index contributed by atoms with van der Waals surface area (Å²) in [6.45, 7) is 2.22. The van der Waals surface area contributed by atoms with Gasteiger partial charge in [-0.1, -0.05) is 12.1 Å². The number of rotatable bonds is 5. The minimum absolute atomic E-state index is 0.0676. The Kier molecular flexibility index (Phi) is 5.71. The van der Waals surface area contributed by atoms with Crippen molar-refractivity contribution in [2.45, 2.75) is 25.9 Å². The molecule has 0 bridgehead atoms. The van der Waals surface area contributed by atoms with Crippen molar-refractivity contribution >= 4 is 23.6 Å². The van der Waals surface area contributed by atoms with Crippen LogP contribution in [0.5, 0.6) is 0 Å². The number of hydrogen-bond acceptors (Lipinski definition) is 7. The van der Waals surface area contributed by atoms with Crippen molar-refractivity contribution in [1.82, 2.24) is 4.90 Å². The molecule has 0 spiro atoms. The molecule has 0 radical (unpaired) electrons. The molecule has 2 aliphatic rings. The molecule has 3 heterocycles. The number of furan rings is 1. The summed E-state index contributed by atoms with van der Waals surface area (Å²) in [5.41, 5.74) is 0.804. The lowest BCUT2D eigenvalue weighted by atomic mass is 9.94. The third-order valence-corrected chi connectivity index (χ3v) is 5.49. The lowest BCUT2D eigenvalue weighted by Crippen LogP contribution is -2.46. The van der Waals surface area contributed by atoms with E-state index < -0.39 is 16.7 Å². The molecule has 0 N–H and O–H groups in total. The lowest BCUT2D eigenvalue weighted by Gasteiger charge is -2.29. The fourth-order valence-electron chi connectivity index (χ4n) is 3.79. The Morgan fingerprint density at radius 3 is 2.78 bits per heavy atom. The largest absolute Gasteiger partial charge is 0.457 e. The van der Waals surface area contributed by atoms with Gasteiger partial charge in [-0.25, -0.2) is 0 Å². The highest BCUT2D eigenvalue weighted by Gasteiger charge is 2.37. The highest BCUT2D eigenvalue weighted by Crippen LogP contribution is 2.31. The molecule has 32 heavy (non-hydrogen) atoms. The third kappa shape index (κ3) is 3.96. The van der Waals surface area contributed by atoms with E-state index in [1.54, 1.807) is 31.2 Å². The molecule has 162 valence electrons. The Bertz CT molecular complexity index is 1210. The van der Waals surface area contributed by atoms with Crippen molar-refractivity contribution in [3.05, 3.63) is 69.0 Å². The van der Waals surface area contributed by atoms with Gasteiger partial charge in [0.25, 0.3) is 17.5 Å². The average Bonchev–Trinajstić information content (AvgIpc) is 3.47. The van der Waals surface area contributed by atoms with E-state index in [9.17, 15) is 25.0 Å². The Balaban J connectivity index is 1.68. The first-order valence-corrected chi connectivity index (χ1v) is 10.0. The van der Waals surface area contributed by atoms with Gasteiger partial charge in [-0.05, 0) is 43.5 Å². The second-order valence-corrected chi connectivity index (χ2v) is 7.54. The van der Waals surface area contributed by atoms with E-state index in [1.807, 2.05) is 6.07 Å². The van der Waals surface area contributed by atoms with Gasteiger partial charge in [0.1, 0.15) is 23.2 Å². The van der Waals surface area contributed by atoms with Crippen LogP contribution < -0.4 is 0 Å². The van der Waals surface area contributed by atoms with E-state index in [0.717, 1.165) is 17.7 Å². The van der Waals surface area contributed by atoms with Gasteiger partial charge in [-0.2, -0.15) is 5.26 Å². The standard InChI is InChI=1S/C23H19N3O6/c1-14-19(22(27)25(23(28)20(14)12-24)13-18-6-3-9-31-18)11-17-7-8-21(32-17)15-4-2-5-16(10-15)26(29)30/h2,4-5,7-8,10-11,18H,3,6,9,13H2,1H3/b19-11-. The molecule has 2 amide bonds. The molecule has 0 saturated carbocycles. The third-order valence-electron chi connectivity index (χ3n) is 5.49. The summed E-state index contributed by atoms with van der Waals surface area (Å²) >= 11 is 0. The second kappa shape index (κ2) is 8.61. The Morgan fingerprint density at radius 2 is 2.09 bits per heavy atom. The Hall–Kier alpha value is -4.03. The normalized spacial score (nSPS) is 20.2. The molecule has 2 aromatic rings. The zero-order chi connectivity index (χ0) is 22.8.